The number of carboxylic acids is 4. The van der Waals surface area contributed by atoms with Crippen LogP contribution in [0.4, 0.5) is 28.9 Å². The Hall–Kier alpha value is -10.3. The van der Waals surface area contributed by atoms with Gasteiger partial charge in [0.2, 0.25) is 29.5 Å². The Kier molecular flexibility index (Phi) is 30.1. The number of nitriles is 2. The monoisotopic (exact) mass is 1480 g/mol. The highest BCUT2D eigenvalue weighted by Crippen LogP contribution is 2.34. The summed E-state index contributed by atoms with van der Waals surface area (Å²) in [7, 11) is 0. The van der Waals surface area contributed by atoms with Crippen LogP contribution in [-0.4, -0.2) is 287 Å². The predicted molar refractivity (Wildman–Crippen MR) is 358 cm³/mol. The standard InChI is InChI=1S/C65H82F4N18O18/c66-64(67)23-38(25-70)86(32-64)53(93)27-77-60(101)42-16-19-74-58-40(42)5-3-8-44(58)79-50(90)13-12-49(89)72-18-2-1-7-46(62(103)76-22-21-73-48(88)11-10-47(63(104)105)85-36-83(30-56(97)98)34-82(29-55(95)96)35-84(37-85)31-57(99)100)81-52(92)15-14-51(91)80-45-9-4-6-41-43(17-20-75-59(41)45)61(102)78-28-54(94)87-33-65(68,69)24-39(87)26-71/h3-6,8-9,16-17,19-20,38-39,46-49,54,72-73,88-89,94H,1-2,7,10-15,18,21-24,27-37H2,(H,76,103)(H,77,101)(H,78,102)(H,79,90)(H,80,91)(H,81,92)(H,95,96)(H,97,98)(H,99,100)(H,104,105). The molecule has 3 aliphatic rings. The fourth-order valence-corrected chi connectivity index (χ4v) is 12.2. The number of aliphatic carboxylic acids is 4. The molecular weight excluding hydrogens is 1400 g/mol. The van der Waals surface area contributed by atoms with Crippen molar-refractivity contribution in [1.82, 2.24) is 71.3 Å². The van der Waals surface area contributed by atoms with Gasteiger partial charge in [0.25, 0.3) is 23.7 Å². The molecule has 3 fully saturated rings. The van der Waals surface area contributed by atoms with Crippen LogP contribution in [0, 0.1) is 22.7 Å². The summed E-state index contributed by atoms with van der Waals surface area (Å²) >= 11 is 0. The molecule has 0 saturated carbocycles. The first-order chi connectivity index (χ1) is 49.8. The lowest BCUT2D eigenvalue weighted by Crippen LogP contribution is -2.60. The first-order valence-electron chi connectivity index (χ1n) is 33.2. The van der Waals surface area contributed by atoms with Gasteiger partial charge in [-0.25, -0.2) is 17.6 Å². The Morgan fingerprint density at radius 3 is 1.65 bits per heavy atom. The number of likely N-dealkylation sites (tertiary alicyclic amines) is 2. The zero-order valence-corrected chi connectivity index (χ0v) is 56.6. The van der Waals surface area contributed by atoms with Crippen molar-refractivity contribution >= 4 is 98.4 Å². The summed E-state index contributed by atoms with van der Waals surface area (Å²) in [5.41, 5.74) is 0.712. The second kappa shape index (κ2) is 38.5. The molecule has 0 bridgehead atoms. The lowest BCUT2D eigenvalue weighted by Gasteiger charge is -2.42. The molecule has 105 heavy (non-hydrogen) atoms. The first-order valence-corrected chi connectivity index (χ1v) is 33.2. The van der Waals surface area contributed by atoms with Crippen molar-refractivity contribution in [3.05, 3.63) is 72.1 Å². The molecule has 568 valence electrons. The van der Waals surface area contributed by atoms with E-state index in [0.717, 1.165) is 4.90 Å². The number of benzene rings is 2. The van der Waals surface area contributed by atoms with E-state index in [9.17, 15) is 117 Å². The normalized spacial score (nSPS) is 18.6. The smallest absolute Gasteiger partial charge is 0.321 e. The van der Waals surface area contributed by atoms with Crippen molar-refractivity contribution in [2.75, 3.05) is 103 Å². The number of rotatable bonds is 38. The zero-order valence-electron chi connectivity index (χ0n) is 56.6. The number of unbranched alkanes of at least 4 members (excludes halogenated alkanes) is 1. The summed E-state index contributed by atoms with van der Waals surface area (Å²) < 4.78 is 56.0. The van der Waals surface area contributed by atoms with E-state index in [1.165, 1.54) is 80.5 Å². The molecule has 4 aromatic rings. The second-order valence-electron chi connectivity index (χ2n) is 25.3. The largest absolute Gasteiger partial charge is 0.480 e. The lowest BCUT2D eigenvalue weighted by atomic mass is 10.1. The zero-order chi connectivity index (χ0) is 76.7. The van der Waals surface area contributed by atoms with E-state index in [4.69, 9.17) is 0 Å². The second-order valence-corrected chi connectivity index (χ2v) is 25.3. The quantitative estimate of drug-likeness (QED) is 0.0143. The number of anilines is 2. The van der Waals surface area contributed by atoms with E-state index in [0.29, 0.717) is 11.3 Å². The number of carboxylic acid groups (broad SMARTS) is 4. The predicted octanol–water partition coefficient (Wildman–Crippen LogP) is -1.18. The lowest BCUT2D eigenvalue weighted by molar-refractivity contribution is -0.152. The molecule has 36 nitrogen and oxygen atoms in total. The van der Waals surface area contributed by atoms with Gasteiger partial charge in [-0.15, -0.1) is 0 Å². The average Bonchev–Trinajstić information content (AvgIpc) is 1.51. The Morgan fingerprint density at radius 1 is 0.571 bits per heavy atom. The SMILES string of the molecule is N#CC1CC(F)(F)CN1C(=O)CNC(=O)c1ccnc2c(NC(=O)CCC(O)NCCCCC(NC(=O)CCC(=O)Nc3cccc4c(C(=O)NCC(O)N5CC(F)(F)CC5C#N)ccnc34)C(=O)NCCNC(O)CCC(C(=O)O)N3CN(CC(=O)O)CN(CC(=O)O)CN(CC(=O)O)C3)cccc12. The van der Waals surface area contributed by atoms with Crippen LogP contribution >= 0.6 is 0 Å². The van der Waals surface area contributed by atoms with E-state index >= 15 is 0 Å². The molecule has 7 amide bonds. The van der Waals surface area contributed by atoms with Crippen LogP contribution in [-0.2, 0) is 43.2 Å². The van der Waals surface area contributed by atoms with E-state index < -0.39 is 191 Å². The number of hydrogen-bond acceptors (Lipinski definition) is 25. The third kappa shape index (κ3) is 25.0. The number of pyridine rings is 2. The highest BCUT2D eigenvalue weighted by Gasteiger charge is 2.49. The third-order valence-electron chi connectivity index (χ3n) is 17.1. The van der Waals surface area contributed by atoms with Crippen molar-refractivity contribution < 1.29 is 106 Å². The van der Waals surface area contributed by atoms with Crippen LogP contribution in [0.2, 0.25) is 0 Å². The summed E-state index contributed by atoms with van der Waals surface area (Å²) in [5.74, 6) is -16.8. The molecule has 7 unspecified atom stereocenters. The Labute approximate surface area is 596 Å². The fraction of sp³-hybridized carbons (Fsp3) is 0.523. The van der Waals surface area contributed by atoms with Crippen LogP contribution in [0.3, 0.4) is 0 Å². The molecule has 15 N–H and O–H groups in total. The van der Waals surface area contributed by atoms with Gasteiger partial charge < -0.3 is 72.5 Å². The maximum absolute atomic E-state index is 14.1. The Morgan fingerprint density at radius 2 is 1.09 bits per heavy atom. The third-order valence-corrected chi connectivity index (χ3v) is 17.1. The number of hydrogen-bond donors (Lipinski definition) is 15. The summed E-state index contributed by atoms with van der Waals surface area (Å²) in [6.07, 6.45) is -4.53. The van der Waals surface area contributed by atoms with Crippen LogP contribution in [0.15, 0.2) is 60.9 Å². The number of aliphatic hydroxyl groups is 3. The summed E-state index contributed by atoms with van der Waals surface area (Å²) in [4.78, 5) is 157. The van der Waals surface area contributed by atoms with Gasteiger partial charge >= 0.3 is 23.9 Å². The van der Waals surface area contributed by atoms with Gasteiger partial charge in [-0.2, -0.15) is 10.5 Å². The van der Waals surface area contributed by atoms with Gasteiger partial charge in [-0.3, -0.25) is 97.8 Å². The van der Waals surface area contributed by atoms with Crippen molar-refractivity contribution in [2.24, 2.45) is 0 Å². The van der Waals surface area contributed by atoms with Crippen LogP contribution < -0.4 is 42.5 Å². The van der Waals surface area contributed by atoms with Crippen LogP contribution in [0.5, 0.6) is 0 Å². The first kappa shape index (κ1) is 82.0. The number of nitrogens with one attached hydrogen (secondary N) is 8. The molecule has 5 heterocycles. The molecule has 7 rings (SSSR count). The number of para-hydroxylation sites is 2. The molecule has 0 radical (unpaired) electrons. The van der Waals surface area contributed by atoms with Gasteiger partial charge in [0, 0.05) is 68.4 Å². The van der Waals surface area contributed by atoms with Gasteiger partial charge in [-0.1, -0.05) is 24.3 Å². The van der Waals surface area contributed by atoms with Gasteiger partial charge in [0.05, 0.1) is 118 Å². The minimum absolute atomic E-state index is 0.00693. The number of amides is 7. The highest BCUT2D eigenvalue weighted by molar-refractivity contribution is 6.12. The van der Waals surface area contributed by atoms with Crippen molar-refractivity contribution in [3.8, 4) is 12.1 Å². The number of aliphatic hydroxyl groups excluding tert-OH is 3. The fourth-order valence-electron chi connectivity index (χ4n) is 12.2. The van der Waals surface area contributed by atoms with E-state index in [2.05, 4.69) is 52.5 Å². The van der Waals surface area contributed by atoms with Gasteiger partial charge in [-0.05, 0) is 69.3 Å². The number of carbonyl (C=O) groups is 11. The van der Waals surface area contributed by atoms with E-state index in [1.807, 2.05) is 0 Å². The minimum atomic E-state index is -3.26. The number of aromatic nitrogens is 2. The van der Waals surface area contributed by atoms with Gasteiger partial charge in [0.15, 0.2) is 0 Å². The summed E-state index contributed by atoms with van der Waals surface area (Å²) in [5, 5.41) is 112. The van der Waals surface area contributed by atoms with Crippen LogP contribution in [0.1, 0.15) is 91.3 Å². The Bertz CT molecular complexity index is 3880. The maximum atomic E-state index is 14.1. The minimum Gasteiger partial charge on any atom is -0.480 e. The topological polar surface area (TPSA) is 518 Å². The molecule has 40 heteroatoms. The van der Waals surface area contributed by atoms with E-state index in [-0.39, 0.29) is 129 Å². The van der Waals surface area contributed by atoms with Gasteiger partial charge in [0.1, 0.15) is 42.9 Å². The number of nitrogens with zero attached hydrogens (tertiary/aromatic N) is 10. The molecule has 3 saturated heterocycles. The summed E-state index contributed by atoms with van der Waals surface area (Å²) in [6.45, 7) is -6.34. The molecule has 7 atom stereocenters. The average molecular weight is 1480 g/mol. The molecular formula is C65H82F4N18O18. The van der Waals surface area contributed by atoms with Crippen molar-refractivity contribution in [3.63, 3.8) is 0 Å². The van der Waals surface area contributed by atoms with Crippen molar-refractivity contribution in [1.29, 1.82) is 10.5 Å². The van der Waals surface area contributed by atoms with E-state index in [1.54, 1.807) is 12.1 Å². The Balaban J connectivity index is 0.920. The van der Waals surface area contributed by atoms with Crippen molar-refractivity contribution in [2.45, 2.75) is 125 Å². The number of halogens is 4. The number of alkyl halides is 4. The molecule has 3 aliphatic heterocycles. The van der Waals surface area contributed by atoms with Crippen LogP contribution in [0.25, 0.3) is 21.8 Å². The maximum Gasteiger partial charge on any atom is 0.321 e. The number of fused-ring (bicyclic) bond motifs is 2. The summed E-state index contributed by atoms with van der Waals surface area (Å²) in [6, 6.07) is 9.84. The highest BCUT2D eigenvalue weighted by atomic mass is 19.3. The number of carbonyl (C=O) groups excluding carboxylic acids is 7. The molecule has 0 aliphatic carbocycles. The molecule has 2 aromatic heterocycles. The molecule has 2 aromatic carbocycles. The molecule has 0 spiro atoms.